The van der Waals surface area contributed by atoms with Gasteiger partial charge in [-0.25, -0.2) is 0 Å². The fourth-order valence-corrected chi connectivity index (χ4v) is 1.95. The summed E-state index contributed by atoms with van der Waals surface area (Å²) in [5.41, 5.74) is 7.37. The molecule has 1 aromatic rings. The van der Waals surface area contributed by atoms with Crippen molar-refractivity contribution in [1.29, 1.82) is 5.26 Å². The van der Waals surface area contributed by atoms with Gasteiger partial charge in [0, 0.05) is 26.2 Å². The molecule has 1 aliphatic rings. The fourth-order valence-electron chi connectivity index (χ4n) is 1.95. The van der Waals surface area contributed by atoms with Crippen molar-refractivity contribution in [2.75, 3.05) is 13.6 Å². The van der Waals surface area contributed by atoms with Gasteiger partial charge in [-0.3, -0.25) is 9.48 Å². The third-order valence-electron chi connectivity index (χ3n) is 2.80. The lowest BCUT2D eigenvalue weighted by Crippen LogP contribution is -2.35. The predicted octanol–water partition coefficient (Wildman–Crippen LogP) is -0.765. The van der Waals surface area contributed by atoms with E-state index in [0.29, 0.717) is 24.4 Å². The Balaban J connectivity index is 2.58. The fraction of sp³-hybridized carbons (Fsp3) is 0.400. The normalized spacial score (nSPS) is 15.7. The second-order valence-corrected chi connectivity index (χ2v) is 3.87. The molecule has 0 saturated heterocycles. The molecule has 2 N–H and O–H groups in total. The van der Waals surface area contributed by atoms with Gasteiger partial charge in [0.05, 0.1) is 0 Å². The second-order valence-electron chi connectivity index (χ2n) is 3.87. The van der Waals surface area contributed by atoms with Crippen LogP contribution in [0.5, 0.6) is 0 Å². The highest BCUT2D eigenvalue weighted by Crippen LogP contribution is 2.20. The van der Waals surface area contributed by atoms with E-state index in [1.165, 1.54) is 4.68 Å². The average Bonchev–Trinajstić information content (AvgIpc) is 2.62. The van der Waals surface area contributed by atoms with Crippen molar-refractivity contribution < 1.29 is 4.79 Å². The minimum absolute atomic E-state index is 0.0571. The topological polar surface area (TPSA) is 100 Å². The number of amidine groups is 1. The zero-order chi connectivity index (χ0) is 12.6. The lowest BCUT2D eigenvalue weighted by atomic mass is 10.0. The maximum Gasteiger partial charge on any atom is 0.272 e. The molecule has 0 fully saturated rings. The molecule has 7 nitrogen and oxygen atoms in total. The van der Waals surface area contributed by atoms with E-state index < -0.39 is 0 Å². The molecule has 1 amide bonds. The lowest BCUT2D eigenvalue weighted by molar-refractivity contribution is 0.0769. The van der Waals surface area contributed by atoms with Crippen LogP contribution >= 0.6 is 0 Å². The van der Waals surface area contributed by atoms with Crippen molar-refractivity contribution in [2.24, 2.45) is 17.8 Å². The van der Waals surface area contributed by atoms with Crippen LogP contribution in [-0.2, 0) is 13.5 Å². The molecule has 2 rings (SSSR count). The van der Waals surface area contributed by atoms with E-state index in [9.17, 15) is 4.79 Å². The second kappa shape index (κ2) is 3.90. The summed E-state index contributed by atoms with van der Waals surface area (Å²) in [4.78, 5) is 17.0. The molecule has 0 bridgehead atoms. The number of hydrogen-bond acceptors (Lipinski definition) is 4. The Labute approximate surface area is 98.1 Å². The van der Waals surface area contributed by atoms with Crippen molar-refractivity contribution in [3.05, 3.63) is 17.0 Å². The van der Waals surface area contributed by atoms with Crippen LogP contribution in [-0.4, -0.2) is 40.0 Å². The number of fused-ring (bicyclic) bond motifs is 1. The van der Waals surface area contributed by atoms with Crippen LogP contribution in [0.4, 0.5) is 0 Å². The van der Waals surface area contributed by atoms with Gasteiger partial charge in [0.1, 0.15) is 11.4 Å². The highest BCUT2D eigenvalue weighted by Gasteiger charge is 2.29. The molecule has 1 aliphatic heterocycles. The third kappa shape index (κ3) is 1.63. The third-order valence-corrected chi connectivity index (χ3v) is 2.80. The number of nitrogens with zero attached hydrogens (tertiary/aromatic N) is 5. The molecule has 0 spiro atoms. The minimum Gasteiger partial charge on any atom is -0.381 e. The highest BCUT2D eigenvalue weighted by molar-refractivity contribution is 6.02. The van der Waals surface area contributed by atoms with E-state index in [2.05, 4.69) is 10.1 Å². The summed E-state index contributed by atoms with van der Waals surface area (Å²) >= 11 is 0. The summed E-state index contributed by atoms with van der Waals surface area (Å²) in [6.07, 6.45) is 2.29. The van der Waals surface area contributed by atoms with E-state index in [1.807, 2.05) is 0 Å². The maximum absolute atomic E-state index is 12.0. The summed E-state index contributed by atoms with van der Waals surface area (Å²) in [5, 5.41) is 12.6. The highest BCUT2D eigenvalue weighted by atomic mass is 16.2. The lowest BCUT2D eigenvalue weighted by Gasteiger charge is -2.22. The number of carbonyl (C=O) groups is 1. The Kier molecular flexibility index (Phi) is 2.55. The Morgan fingerprint density at radius 3 is 2.94 bits per heavy atom. The molecule has 0 saturated carbocycles. The number of aryl methyl sites for hydroxylation is 1. The number of rotatable bonds is 1. The first-order valence-electron chi connectivity index (χ1n) is 5.10. The molecule has 1 aromatic heterocycles. The van der Waals surface area contributed by atoms with Gasteiger partial charge < -0.3 is 10.6 Å². The van der Waals surface area contributed by atoms with Crippen molar-refractivity contribution in [3.8, 4) is 6.19 Å². The molecule has 0 aliphatic carbocycles. The molecule has 17 heavy (non-hydrogen) atoms. The van der Waals surface area contributed by atoms with E-state index in [4.69, 9.17) is 11.0 Å². The van der Waals surface area contributed by atoms with Gasteiger partial charge in [0.25, 0.3) is 5.91 Å². The van der Waals surface area contributed by atoms with Crippen molar-refractivity contribution in [1.82, 2.24) is 14.7 Å². The zero-order valence-electron chi connectivity index (χ0n) is 9.64. The standard InChI is InChI=1S/C10H12N6O/c1-15-4-3-6-7(9(12)13-5-11)14-16(2)8(6)10(15)17/h3-4H2,1-2H3,(H2,12,13). The van der Waals surface area contributed by atoms with Gasteiger partial charge in [-0.15, -0.1) is 0 Å². The first kappa shape index (κ1) is 11.1. The number of carbonyl (C=O) groups excluding carboxylic acids is 1. The van der Waals surface area contributed by atoms with Gasteiger partial charge in [-0.2, -0.15) is 15.4 Å². The van der Waals surface area contributed by atoms with Crippen molar-refractivity contribution >= 4 is 11.7 Å². The summed E-state index contributed by atoms with van der Waals surface area (Å²) in [7, 11) is 3.42. The van der Waals surface area contributed by atoms with Crippen LogP contribution in [0.3, 0.4) is 0 Å². The van der Waals surface area contributed by atoms with Crippen LogP contribution in [0, 0.1) is 11.5 Å². The molecule has 2 heterocycles. The monoisotopic (exact) mass is 232 g/mol. The molecule has 0 aromatic carbocycles. The number of aromatic nitrogens is 2. The van der Waals surface area contributed by atoms with Crippen molar-refractivity contribution in [2.45, 2.75) is 6.42 Å². The Hall–Kier alpha value is -2.36. The molecule has 88 valence electrons. The Bertz CT molecular complexity index is 550. The molecule has 0 radical (unpaired) electrons. The quantitative estimate of drug-likeness (QED) is 0.390. The van der Waals surface area contributed by atoms with Crippen LogP contribution < -0.4 is 5.73 Å². The first-order valence-corrected chi connectivity index (χ1v) is 5.10. The van der Waals surface area contributed by atoms with Crippen molar-refractivity contribution in [3.63, 3.8) is 0 Å². The van der Waals surface area contributed by atoms with Crippen LogP contribution in [0.25, 0.3) is 0 Å². The Morgan fingerprint density at radius 1 is 1.59 bits per heavy atom. The molecular formula is C10H12N6O. The first-order chi connectivity index (χ1) is 8.06. The van der Waals surface area contributed by atoms with E-state index in [1.54, 1.807) is 25.2 Å². The molecule has 7 heteroatoms. The van der Waals surface area contributed by atoms with Crippen LogP contribution in [0.2, 0.25) is 0 Å². The number of aliphatic imine (C=N–C) groups is 1. The number of nitriles is 1. The van der Waals surface area contributed by atoms with Gasteiger partial charge in [0.2, 0.25) is 6.19 Å². The molecular weight excluding hydrogens is 220 g/mol. The van der Waals surface area contributed by atoms with Gasteiger partial charge in [0.15, 0.2) is 5.84 Å². The summed E-state index contributed by atoms with van der Waals surface area (Å²) in [5.74, 6) is -0.0287. The van der Waals surface area contributed by atoms with Crippen LogP contribution in [0.1, 0.15) is 21.7 Å². The number of likely N-dealkylation sites (N-methyl/N-ethyl adjacent to an activating group) is 1. The van der Waals surface area contributed by atoms with Crippen LogP contribution in [0.15, 0.2) is 4.99 Å². The molecule has 0 atom stereocenters. The summed E-state index contributed by atoms with van der Waals surface area (Å²) < 4.78 is 1.49. The summed E-state index contributed by atoms with van der Waals surface area (Å²) in [6.45, 7) is 0.615. The van der Waals surface area contributed by atoms with Gasteiger partial charge in [-0.1, -0.05) is 0 Å². The van der Waals surface area contributed by atoms with Gasteiger partial charge >= 0.3 is 0 Å². The predicted molar refractivity (Wildman–Crippen MR) is 60.2 cm³/mol. The van der Waals surface area contributed by atoms with Gasteiger partial charge in [-0.05, 0) is 6.42 Å². The maximum atomic E-state index is 12.0. The zero-order valence-corrected chi connectivity index (χ0v) is 9.64. The minimum atomic E-state index is -0.0859. The van der Waals surface area contributed by atoms with E-state index in [0.717, 1.165) is 5.56 Å². The Morgan fingerprint density at radius 2 is 2.29 bits per heavy atom. The number of hydrogen-bond donors (Lipinski definition) is 1. The number of amides is 1. The average molecular weight is 232 g/mol. The molecule has 0 unspecified atom stereocenters. The SMILES string of the molecule is CN1CCc2c(C(N)=NC#N)nn(C)c2C1=O. The number of nitrogens with two attached hydrogens (primary N) is 1. The van der Waals surface area contributed by atoms with E-state index >= 15 is 0 Å². The smallest absolute Gasteiger partial charge is 0.272 e. The summed E-state index contributed by atoms with van der Waals surface area (Å²) in [6, 6.07) is 0. The van der Waals surface area contributed by atoms with E-state index in [-0.39, 0.29) is 11.7 Å². The largest absolute Gasteiger partial charge is 0.381 e.